The molecule has 0 aliphatic carbocycles. The Morgan fingerprint density at radius 1 is 0.566 bits per heavy atom. The number of ether oxygens (including phenoxy) is 1. The van der Waals surface area contributed by atoms with Crippen LogP contribution < -0.4 is 19.7 Å². The van der Waals surface area contributed by atoms with Crippen molar-refractivity contribution < 1.29 is 41.3 Å². The smallest absolute Gasteiger partial charge is 0.269 e. The monoisotopic (exact) mass is 1180 g/mol. The normalized spacial score (nSPS) is 13.2. The van der Waals surface area contributed by atoms with Crippen molar-refractivity contribution in [3.8, 4) is 73.3 Å². The summed E-state index contributed by atoms with van der Waals surface area (Å²) >= 11 is 0. The molecule has 0 radical (unpaired) electrons. The van der Waals surface area contributed by atoms with Gasteiger partial charge < -0.3 is 9.30 Å². The molecule has 8 heteroatoms. The summed E-state index contributed by atoms with van der Waals surface area (Å²) < 4.78 is 80.5. The summed E-state index contributed by atoms with van der Waals surface area (Å²) in [5.41, 5.74) is 9.99. The molecule has 0 saturated carbocycles. The van der Waals surface area contributed by atoms with Crippen LogP contribution in [0.15, 0.2) is 243 Å². The third kappa shape index (κ3) is 8.77. The molecule has 0 aliphatic heterocycles. The molecule has 0 bridgehead atoms. The first-order valence-electron chi connectivity index (χ1n) is 28.6. The molecule has 0 amide bonds. The van der Waals surface area contributed by atoms with Crippen molar-refractivity contribution in [1.29, 1.82) is 0 Å². The number of benzene rings is 9. The number of rotatable bonds is 11. The molecule has 4 heterocycles. The maximum absolute atomic E-state index is 8.67. The molecule has 0 unspecified atom stereocenters. The minimum atomic E-state index is -2.77. The van der Waals surface area contributed by atoms with E-state index in [4.69, 9.17) is 25.7 Å². The SMILES string of the molecule is [2H]c1c([2H])c([2H])c(-c2cnc(-n3c4[c-]c(Oc5[c-]c(-n6[c-][n+](-c7c(-c8cc(-c9ccccc9)cc(-c9ccccc9)c8)cccc7[Si](C)(C)c7ccccc7)c7ccccc76)ncc5)ccc4c4ccccc43)cc2C([2H])([2H])[2H])c([2H])c1[2H].[Pt]. The van der Waals surface area contributed by atoms with Gasteiger partial charge in [0.2, 0.25) is 0 Å². The predicted octanol–water partition coefficient (Wildman–Crippen LogP) is 14.8. The largest absolute Gasteiger partial charge is 0.522 e. The second-order valence-electron chi connectivity index (χ2n) is 18.9. The standard InChI is InChI=1S/C68H49N5OSi.Pt/c1-47-39-67(70-45-60(47)50-25-12-6-13-26-50)73-61-31-17-16-29-58(61)59-36-35-54(43-64(59)73)74-55-37-38-69-66(44-55)71-46-72(63-33-19-18-32-62(63)71)68-57(30-20-34-65(68)75(2,3)56-27-14-7-15-28-56)53-41-51(48-21-8-4-9-22-48)40-52(42-53)49-23-10-5-11-24-49;/h4-42,45H,1-3H3;/q-2;/i1D3,6D,12D,13D,25D,26D;. The van der Waals surface area contributed by atoms with Gasteiger partial charge in [-0.15, -0.1) is 17.5 Å². The number of para-hydroxylation sites is 4. The van der Waals surface area contributed by atoms with Gasteiger partial charge in [-0.3, -0.25) is 14.1 Å². The quantitative estimate of drug-likeness (QED) is 0.0737. The molecule has 0 N–H and O–H groups in total. The zero-order valence-corrected chi connectivity index (χ0v) is 44.4. The number of hydrogen-bond donors (Lipinski definition) is 0. The van der Waals surface area contributed by atoms with Gasteiger partial charge in [0.15, 0.2) is 0 Å². The summed E-state index contributed by atoms with van der Waals surface area (Å²) in [6.45, 7) is 2.04. The fourth-order valence-corrected chi connectivity index (χ4v) is 13.0. The van der Waals surface area contributed by atoms with Gasteiger partial charge in [0.25, 0.3) is 6.33 Å². The van der Waals surface area contributed by atoms with Gasteiger partial charge in [-0.05, 0) is 98.0 Å². The summed E-state index contributed by atoms with van der Waals surface area (Å²) in [5.74, 6) is 1.33. The molecule has 4 aromatic heterocycles. The van der Waals surface area contributed by atoms with E-state index in [0.29, 0.717) is 28.4 Å². The molecule has 6 nitrogen and oxygen atoms in total. The minimum Gasteiger partial charge on any atom is -0.522 e. The molecule has 0 fully saturated rings. The molecule has 9 aromatic carbocycles. The first-order valence-corrected chi connectivity index (χ1v) is 27.6. The summed E-state index contributed by atoms with van der Waals surface area (Å²) in [7, 11) is -2.47. The Hall–Kier alpha value is -8.74. The van der Waals surface area contributed by atoms with E-state index < -0.39 is 45.1 Å². The molecule has 0 saturated heterocycles. The van der Waals surface area contributed by atoms with E-state index in [0.717, 1.165) is 60.9 Å². The first-order chi connectivity index (χ1) is 40.1. The van der Waals surface area contributed by atoms with Crippen LogP contribution in [-0.4, -0.2) is 27.2 Å². The van der Waals surface area contributed by atoms with Gasteiger partial charge in [0.05, 0.1) is 29.4 Å². The van der Waals surface area contributed by atoms with Gasteiger partial charge in [0, 0.05) is 48.2 Å². The van der Waals surface area contributed by atoms with Crippen LogP contribution in [0.5, 0.6) is 11.5 Å². The van der Waals surface area contributed by atoms with Crippen molar-refractivity contribution in [3.05, 3.63) is 267 Å². The second-order valence-corrected chi connectivity index (χ2v) is 23.2. The van der Waals surface area contributed by atoms with Crippen LogP contribution in [-0.2, 0) is 21.1 Å². The summed E-state index contributed by atoms with van der Waals surface area (Å²) in [4.78, 5) is 9.61. The van der Waals surface area contributed by atoms with Gasteiger partial charge in [-0.2, -0.15) is 18.2 Å². The van der Waals surface area contributed by atoms with E-state index in [1.54, 1.807) is 16.8 Å². The van der Waals surface area contributed by atoms with Gasteiger partial charge >= 0.3 is 0 Å². The number of aromatic nitrogens is 5. The molecule has 0 spiro atoms. The molecule has 0 aliphatic rings. The summed E-state index contributed by atoms with van der Waals surface area (Å²) in [6, 6.07) is 72.1. The van der Waals surface area contributed by atoms with Crippen LogP contribution >= 0.6 is 0 Å². The first kappa shape index (κ1) is 39.7. The number of pyridine rings is 2. The van der Waals surface area contributed by atoms with E-state index in [1.165, 1.54) is 22.6 Å². The number of nitrogens with zero attached hydrogens (tertiary/aromatic N) is 5. The van der Waals surface area contributed by atoms with Gasteiger partial charge in [0.1, 0.15) is 13.9 Å². The number of imidazole rings is 1. The summed E-state index contributed by atoms with van der Waals surface area (Å²) in [6.07, 6.45) is 6.73. The number of aryl methyl sites for hydroxylation is 1. The molecule has 368 valence electrons. The Bertz CT molecular complexity index is 4600. The average molecular weight is 1180 g/mol. The Morgan fingerprint density at radius 3 is 1.96 bits per heavy atom. The maximum Gasteiger partial charge on any atom is 0.269 e. The van der Waals surface area contributed by atoms with E-state index >= 15 is 0 Å². The number of hydrogen-bond acceptors (Lipinski definition) is 3. The maximum atomic E-state index is 8.67. The zero-order valence-electron chi connectivity index (χ0n) is 49.2. The van der Waals surface area contributed by atoms with Gasteiger partial charge in [-0.25, -0.2) is 4.98 Å². The molecule has 0 atom stereocenters. The molecule has 13 rings (SSSR count). The van der Waals surface area contributed by atoms with E-state index in [1.807, 2.05) is 65.2 Å². The van der Waals surface area contributed by atoms with Crippen LogP contribution in [0, 0.1) is 25.3 Å². The van der Waals surface area contributed by atoms with Crippen molar-refractivity contribution >= 4 is 51.3 Å². The van der Waals surface area contributed by atoms with Crippen LogP contribution in [0.1, 0.15) is 16.5 Å². The van der Waals surface area contributed by atoms with Crippen molar-refractivity contribution in [3.63, 3.8) is 0 Å². The van der Waals surface area contributed by atoms with Crippen molar-refractivity contribution in [1.82, 2.24) is 19.1 Å². The third-order valence-electron chi connectivity index (χ3n) is 14.0. The van der Waals surface area contributed by atoms with Gasteiger partial charge in [-0.1, -0.05) is 212 Å². The van der Waals surface area contributed by atoms with Crippen molar-refractivity contribution in [2.75, 3.05) is 0 Å². The van der Waals surface area contributed by atoms with Crippen LogP contribution in [0.3, 0.4) is 0 Å². The topological polar surface area (TPSA) is 48.8 Å². The fraction of sp³-hybridized carbons (Fsp3) is 0.0441. The van der Waals surface area contributed by atoms with Crippen LogP contribution in [0.25, 0.3) is 94.7 Å². The van der Waals surface area contributed by atoms with E-state index in [9.17, 15) is 0 Å². The molecule has 13 aromatic rings. The minimum absolute atomic E-state index is 0. The molecule has 76 heavy (non-hydrogen) atoms. The van der Waals surface area contributed by atoms with E-state index in [2.05, 4.69) is 164 Å². The molecular formula is C68H49N5OPtSi-2. The van der Waals surface area contributed by atoms with Crippen LogP contribution in [0.2, 0.25) is 13.1 Å². The Kier molecular flexibility index (Phi) is 10.5. The van der Waals surface area contributed by atoms with Crippen molar-refractivity contribution in [2.45, 2.75) is 19.9 Å². The Morgan fingerprint density at radius 2 is 1.22 bits per heavy atom. The predicted molar refractivity (Wildman–Crippen MR) is 307 cm³/mol. The van der Waals surface area contributed by atoms with E-state index in [-0.39, 0.29) is 43.6 Å². The average Bonchev–Trinajstić information content (AvgIpc) is 1.77. The Balaban J connectivity index is 0.00000694. The third-order valence-corrected chi connectivity index (χ3v) is 17.5. The fourth-order valence-electron chi connectivity index (χ4n) is 10.3. The zero-order chi connectivity index (χ0) is 57.3. The molecular weight excluding hydrogens is 1130 g/mol. The number of fused-ring (bicyclic) bond motifs is 4. The second kappa shape index (κ2) is 20.2. The van der Waals surface area contributed by atoms with Crippen LogP contribution in [0.4, 0.5) is 0 Å². The Labute approximate surface area is 469 Å². The summed E-state index contributed by atoms with van der Waals surface area (Å²) in [5, 5.41) is 4.16. The van der Waals surface area contributed by atoms with Crippen molar-refractivity contribution in [2.24, 2.45) is 0 Å².